The van der Waals surface area contributed by atoms with Crippen LogP contribution >= 0.6 is 0 Å². The third-order valence-corrected chi connectivity index (χ3v) is 5.19. The number of rotatable bonds is 6. The number of pyridine rings is 1. The molecule has 3 aromatic rings. The SMILES string of the molecule is CCCOc1cccc(/C(O)=C2\C(=O)C(=O)N(c3ccc(F)cc3F)C2c2cccnc2)c1. The molecule has 1 aromatic heterocycles. The minimum Gasteiger partial charge on any atom is -0.507 e. The van der Waals surface area contributed by atoms with Crippen molar-refractivity contribution in [2.45, 2.75) is 19.4 Å². The van der Waals surface area contributed by atoms with E-state index in [-0.39, 0.29) is 16.8 Å². The lowest BCUT2D eigenvalue weighted by Crippen LogP contribution is -2.30. The molecule has 1 aliphatic rings. The number of aromatic nitrogens is 1. The van der Waals surface area contributed by atoms with Gasteiger partial charge in [-0.15, -0.1) is 0 Å². The van der Waals surface area contributed by atoms with E-state index in [9.17, 15) is 23.5 Å². The second-order valence-corrected chi connectivity index (χ2v) is 7.43. The Kier molecular flexibility index (Phi) is 6.17. The maximum Gasteiger partial charge on any atom is 0.300 e. The van der Waals surface area contributed by atoms with Crippen molar-refractivity contribution >= 4 is 23.1 Å². The van der Waals surface area contributed by atoms with Gasteiger partial charge in [-0.1, -0.05) is 25.1 Å². The van der Waals surface area contributed by atoms with Gasteiger partial charge in [0.2, 0.25) is 0 Å². The number of hydrogen-bond donors (Lipinski definition) is 1. The molecule has 8 heteroatoms. The minimum atomic E-state index is -1.17. The predicted molar refractivity (Wildman–Crippen MR) is 118 cm³/mol. The maximum atomic E-state index is 14.7. The van der Waals surface area contributed by atoms with Gasteiger partial charge in [0, 0.05) is 24.0 Å². The van der Waals surface area contributed by atoms with Crippen LogP contribution in [0.4, 0.5) is 14.5 Å². The Morgan fingerprint density at radius 3 is 2.64 bits per heavy atom. The van der Waals surface area contributed by atoms with Crippen molar-refractivity contribution < 1.29 is 28.2 Å². The number of anilines is 1. The lowest BCUT2D eigenvalue weighted by molar-refractivity contribution is -0.132. The largest absolute Gasteiger partial charge is 0.507 e. The first kappa shape index (κ1) is 22.1. The van der Waals surface area contributed by atoms with Crippen LogP contribution in [0.5, 0.6) is 5.75 Å². The van der Waals surface area contributed by atoms with E-state index in [4.69, 9.17) is 4.74 Å². The zero-order valence-electron chi connectivity index (χ0n) is 17.7. The van der Waals surface area contributed by atoms with Crippen LogP contribution < -0.4 is 9.64 Å². The van der Waals surface area contributed by atoms with E-state index in [2.05, 4.69) is 4.98 Å². The van der Waals surface area contributed by atoms with Crippen LogP contribution in [0.15, 0.2) is 72.6 Å². The van der Waals surface area contributed by atoms with Crippen LogP contribution in [0.1, 0.15) is 30.5 Å². The molecule has 1 aliphatic heterocycles. The van der Waals surface area contributed by atoms with Crippen molar-refractivity contribution in [2.24, 2.45) is 0 Å². The Hall–Kier alpha value is -4.07. The lowest BCUT2D eigenvalue weighted by atomic mass is 9.96. The first-order valence-corrected chi connectivity index (χ1v) is 10.3. The van der Waals surface area contributed by atoms with Crippen LogP contribution in [0, 0.1) is 11.6 Å². The van der Waals surface area contributed by atoms with Gasteiger partial charge in [-0.25, -0.2) is 8.78 Å². The van der Waals surface area contributed by atoms with Gasteiger partial charge in [-0.2, -0.15) is 0 Å². The highest BCUT2D eigenvalue weighted by Gasteiger charge is 2.47. The molecule has 1 unspecified atom stereocenters. The second kappa shape index (κ2) is 9.20. The quantitative estimate of drug-likeness (QED) is 0.332. The van der Waals surface area contributed by atoms with Gasteiger partial charge < -0.3 is 9.84 Å². The lowest BCUT2D eigenvalue weighted by Gasteiger charge is -2.25. The van der Waals surface area contributed by atoms with E-state index in [0.717, 1.165) is 23.5 Å². The first-order valence-electron chi connectivity index (χ1n) is 10.3. The van der Waals surface area contributed by atoms with Crippen LogP contribution in [-0.4, -0.2) is 28.4 Å². The highest BCUT2D eigenvalue weighted by molar-refractivity contribution is 6.51. The van der Waals surface area contributed by atoms with E-state index in [1.54, 1.807) is 36.4 Å². The average molecular weight is 450 g/mol. The molecule has 168 valence electrons. The summed E-state index contributed by atoms with van der Waals surface area (Å²) in [7, 11) is 0. The Labute approximate surface area is 188 Å². The molecule has 6 nitrogen and oxygen atoms in total. The van der Waals surface area contributed by atoms with E-state index in [1.807, 2.05) is 6.92 Å². The zero-order chi connectivity index (χ0) is 23.5. The van der Waals surface area contributed by atoms with Gasteiger partial charge in [0.05, 0.1) is 23.9 Å². The number of ketones is 1. The van der Waals surface area contributed by atoms with Crippen molar-refractivity contribution in [3.63, 3.8) is 0 Å². The number of amides is 1. The van der Waals surface area contributed by atoms with E-state index in [0.29, 0.717) is 24.0 Å². The Morgan fingerprint density at radius 2 is 1.94 bits per heavy atom. The molecule has 0 saturated carbocycles. The number of nitrogens with zero attached hydrogens (tertiary/aromatic N) is 2. The number of aliphatic hydroxyl groups excluding tert-OH is 1. The molecule has 1 N–H and O–H groups in total. The van der Waals surface area contributed by atoms with Crippen molar-refractivity contribution in [2.75, 3.05) is 11.5 Å². The van der Waals surface area contributed by atoms with Gasteiger partial charge >= 0.3 is 0 Å². The highest BCUT2D eigenvalue weighted by atomic mass is 19.1. The maximum absolute atomic E-state index is 14.7. The monoisotopic (exact) mass is 450 g/mol. The normalized spacial score (nSPS) is 17.4. The summed E-state index contributed by atoms with van der Waals surface area (Å²) in [5, 5.41) is 11.1. The molecule has 2 heterocycles. The van der Waals surface area contributed by atoms with Crippen molar-refractivity contribution in [3.8, 4) is 5.75 Å². The summed E-state index contributed by atoms with van der Waals surface area (Å²) >= 11 is 0. The van der Waals surface area contributed by atoms with E-state index < -0.39 is 35.1 Å². The zero-order valence-corrected chi connectivity index (χ0v) is 17.7. The third-order valence-electron chi connectivity index (χ3n) is 5.19. The van der Waals surface area contributed by atoms with Crippen LogP contribution in [-0.2, 0) is 9.59 Å². The van der Waals surface area contributed by atoms with Gasteiger partial charge in [-0.05, 0) is 42.3 Å². The Bertz CT molecular complexity index is 1240. The molecule has 2 aromatic carbocycles. The van der Waals surface area contributed by atoms with Crippen LogP contribution in [0.3, 0.4) is 0 Å². The number of ether oxygens (including phenoxy) is 1. The summed E-state index contributed by atoms with van der Waals surface area (Å²) in [6, 6.07) is 11.2. The number of hydrogen-bond acceptors (Lipinski definition) is 5. The Balaban J connectivity index is 1.90. The van der Waals surface area contributed by atoms with Gasteiger partial charge in [-0.3, -0.25) is 19.5 Å². The second-order valence-electron chi connectivity index (χ2n) is 7.43. The molecule has 0 radical (unpaired) electrons. The summed E-state index contributed by atoms with van der Waals surface area (Å²) in [5.74, 6) is -3.83. The molecule has 1 amide bonds. The van der Waals surface area contributed by atoms with Crippen molar-refractivity contribution in [3.05, 3.63) is 95.3 Å². The molecule has 1 fully saturated rings. The number of halogens is 2. The topological polar surface area (TPSA) is 79.7 Å². The minimum absolute atomic E-state index is 0.232. The van der Waals surface area contributed by atoms with Crippen molar-refractivity contribution in [1.82, 2.24) is 4.98 Å². The third kappa shape index (κ3) is 4.19. The molecule has 1 saturated heterocycles. The Morgan fingerprint density at radius 1 is 1.12 bits per heavy atom. The van der Waals surface area contributed by atoms with Crippen LogP contribution in [0.25, 0.3) is 5.76 Å². The predicted octanol–water partition coefficient (Wildman–Crippen LogP) is 4.77. The molecular weight excluding hydrogens is 430 g/mol. The van der Waals surface area contributed by atoms with Gasteiger partial charge in [0.1, 0.15) is 23.1 Å². The van der Waals surface area contributed by atoms with E-state index >= 15 is 0 Å². The van der Waals surface area contributed by atoms with Crippen molar-refractivity contribution in [1.29, 1.82) is 0 Å². The smallest absolute Gasteiger partial charge is 0.300 e. The van der Waals surface area contributed by atoms with Gasteiger partial charge in [0.25, 0.3) is 11.7 Å². The fourth-order valence-electron chi connectivity index (χ4n) is 3.72. The summed E-state index contributed by atoms with van der Waals surface area (Å²) in [6.45, 7) is 2.42. The molecule has 0 aliphatic carbocycles. The number of Topliss-reactive ketones (excluding diaryl/α,β-unsaturated/α-hetero) is 1. The number of carbonyl (C=O) groups excluding carboxylic acids is 2. The summed E-state index contributed by atoms with van der Waals surface area (Å²) in [5.41, 5.74) is 0.117. The van der Waals surface area contributed by atoms with Gasteiger partial charge in [0.15, 0.2) is 0 Å². The molecular formula is C25H20F2N2O4. The average Bonchev–Trinajstić information content (AvgIpc) is 3.08. The fourth-order valence-corrected chi connectivity index (χ4v) is 3.72. The molecule has 4 rings (SSSR count). The van der Waals surface area contributed by atoms with E-state index in [1.165, 1.54) is 12.4 Å². The molecule has 1 atom stereocenters. The summed E-state index contributed by atoms with van der Waals surface area (Å²) in [6.07, 6.45) is 3.70. The highest BCUT2D eigenvalue weighted by Crippen LogP contribution is 2.42. The molecule has 33 heavy (non-hydrogen) atoms. The standard InChI is InChI=1S/C25H20F2N2O4/c1-2-11-33-18-7-3-5-15(12-18)23(30)21-22(16-6-4-10-28-14-16)29(25(32)24(21)31)20-9-8-17(26)13-19(20)27/h3-10,12-14,22,30H,2,11H2,1H3/b23-21+. The summed E-state index contributed by atoms with van der Waals surface area (Å²) < 4.78 is 33.8. The first-order chi connectivity index (χ1) is 15.9. The number of aliphatic hydroxyl groups is 1. The molecule has 0 bridgehead atoms. The number of benzene rings is 2. The van der Waals surface area contributed by atoms with Crippen LogP contribution in [0.2, 0.25) is 0 Å². The summed E-state index contributed by atoms with van der Waals surface area (Å²) in [4.78, 5) is 31.0. The number of carbonyl (C=O) groups is 2. The fraction of sp³-hybridized carbons (Fsp3) is 0.160. The molecule has 0 spiro atoms.